The molecule has 1 saturated heterocycles. The van der Waals surface area contributed by atoms with Gasteiger partial charge in [-0.1, -0.05) is 71.4 Å². The molecule has 2 aliphatic rings. The maximum absolute atomic E-state index is 2.67. The van der Waals surface area contributed by atoms with Gasteiger partial charge < -0.3 is 4.90 Å². The van der Waals surface area contributed by atoms with Gasteiger partial charge in [-0.25, -0.2) is 0 Å². The Morgan fingerprint density at radius 1 is 1.12 bits per heavy atom. The highest BCUT2D eigenvalue weighted by molar-refractivity contribution is 5.71. The topological polar surface area (TPSA) is 3.24 Å². The maximum Gasteiger partial charge on any atom is 0.00510 e. The number of hydrogen-bond donors (Lipinski definition) is 0. The van der Waals surface area contributed by atoms with E-state index < -0.39 is 0 Å². The summed E-state index contributed by atoms with van der Waals surface area (Å²) in [5.41, 5.74) is 5.41. The molecule has 138 valence electrons. The summed E-state index contributed by atoms with van der Waals surface area (Å²) in [6, 6.07) is 9.26. The van der Waals surface area contributed by atoms with Gasteiger partial charge in [0, 0.05) is 6.54 Å². The monoisotopic (exact) mass is 339 g/mol. The van der Waals surface area contributed by atoms with Gasteiger partial charge in [0.05, 0.1) is 0 Å². The summed E-state index contributed by atoms with van der Waals surface area (Å²) < 4.78 is 0. The van der Waals surface area contributed by atoms with Crippen LogP contribution in [0, 0.1) is 10.8 Å². The van der Waals surface area contributed by atoms with E-state index in [-0.39, 0.29) is 0 Å². The van der Waals surface area contributed by atoms with E-state index in [0.717, 1.165) is 0 Å². The Kier molecular flexibility index (Phi) is 5.44. The van der Waals surface area contributed by atoms with E-state index in [1.54, 1.807) is 11.1 Å². The second-order valence-corrected chi connectivity index (χ2v) is 9.90. The normalized spacial score (nSPS) is 25.8. The zero-order valence-corrected chi connectivity index (χ0v) is 17.1. The summed E-state index contributed by atoms with van der Waals surface area (Å²) in [7, 11) is 0. The van der Waals surface area contributed by atoms with Crippen molar-refractivity contribution < 1.29 is 0 Å². The van der Waals surface area contributed by atoms with Crippen LogP contribution in [0.5, 0.6) is 0 Å². The second kappa shape index (κ2) is 7.27. The number of hydrogen-bond acceptors (Lipinski definition) is 1. The molecule has 1 aromatic carbocycles. The lowest BCUT2D eigenvalue weighted by atomic mass is 9.65. The number of unbranched alkanes of at least 4 members (excludes halogenated alkanes) is 1. The van der Waals surface area contributed by atoms with Crippen LogP contribution in [0.15, 0.2) is 30.3 Å². The zero-order chi connectivity index (χ0) is 18.1. The molecule has 1 heterocycles. The van der Waals surface area contributed by atoms with E-state index in [1.807, 2.05) is 0 Å². The average molecular weight is 340 g/mol. The van der Waals surface area contributed by atoms with Crippen LogP contribution >= 0.6 is 0 Å². The fourth-order valence-corrected chi connectivity index (χ4v) is 5.37. The molecule has 0 spiro atoms. The van der Waals surface area contributed by atoms with Crippen molar-refractivity contribution >= 4 is 5.57 Å². The van der Waals surface area contributed by atoms with E-state index in [0.29, 0.717) is 16.7 Å². The third-order valence-corrected chi connectivity index (χ3v) is 6.01. The molecule has 1 aliphatic carbocycles. The van der Waals surface area contributed by atoms with Gasteiger partial charge in [0.2, 0.25) is 0 Å². The largest absolute Gasteiger partial charge is 0.303 e. The second-order valence-electron chi connectivity index (χ2n) is 9.90. The highest BCUT2D eigenvalue weighted by Crippen LogP contribution is 2.48. The lowest BCUT2D eigenvalue weighted by molar-refractivity contribution is 0.228. The van der Waals surface area contributed by atoms with Gasteiger partial charge >= 0.3 is 0 Å². The summed E-state index contributed by atoms with van der Waals surface area (Å²) in [6.07, 6.45) is 9.01. The lowest BCUT2D eigenvalue weighted by Gasteiger charge is -2.40. The molecule has 0 N–H and O–H groups in total. The van der Waals surface area contributed by atoms with Crippen molar-refractivity contribution in [1.82, 2.24) is 4.90 Å². The fourth-order valence-electron chi connectivity index (χ4n) is 5.37. The molecule has 0 saturated carbocycles. The summed E-state index contributed by atoms with van der Waals surface area (Å²) in [5, 5.41) is 0. The Morgan fingerprint density at radius 3 is 2.60 bits per heavy atom. The summed E-state index contributed by atoms with van der Waals surface area (Å²) in [6.45, 7) is 15.8. The van der Waals surface area contributed by atoms with Crippen LogP contribution in [-0.4, -0.2) is 24.5 Å². The van der Waals surface area contributed by atoms with Crippen LogP contribution in [0.4, 0.5) is 0 Å². The molecule has 1 unspecified atom stereocenters. The molecule has 0 radical (unpaired) electrons. The minimum atomic E-state index is 0.299. The minimum Gasteiger partial charge on any atom is -0.303 e. The van der Waals surface area contributed by atoms with Gasteiger partial charge in [-0.15, -0.1) is 0 Å². The van der Waals surface area contributed by atoms with E-state index in [4.69, 9.17) is 0 Å². The molecule has 25 heavy (non-hydrogen) atoms. The van der Waals surface area contributed by atoms with Crippen LogP contribution < -0.4 is 0 Å². The number of nitrogens with zero attached hydrogens (tertiary/aromatic N) is 1. The predicted octanol–water partition coefficient (Wildman–Crippen LogP) is 6.51. The van der Waals surface area contributed by atoms with Crippen molar-refractivity contribution in [3.05, 3.63) is 41.5 Å². The Bertz CT molecular complexity index is 623. The van der Waals surface area contributed by atoms with Crippen molar-refractivity contribution in [1.29, 1.82) is 0 Å². The van der Waals surface area contributed by atoms with Crippen molar-refractivity contribution in [3.8, 4) is 0 Å². The summed E-state index contributed by atoms with van der Waals surface area (Å²) >= 11 is 0. The zero-order valence-electron chi connectivity index (χ0n) is 17.1. The molecular weight excluding hydrogens is 302 g/mol. The van der Waals surface area contributed by atoms with Gasteiger partial charge in [0.1, 0.15) is 0 Å². The van der Waals surface area contributed by atoms with Crippen LogP contribution in [0.25, 0.3) is 5.57 Å². The SMILES string of the molecule is CCCCN1CCC(c2ccccc2C2=CC(C)(C)CC(C)(C)C2)C1. The molecule has 1 fully saturated rings. The first-order valence-corrected chi connectivity index (χ1v) is 10.3. The van der Waals surface area contributed by atoms with Gasteiger partial charge in [-0.2, -0.15) is 0 Å². The number of allylic oxidation sites excluding steroid dienone is 2. The summed E-state index contributed by atoms with van der Waals surface area (Å²) in [5.74, 6) is 0.710. The third kappa shape index (κ3) is 4.56. The van der Waals surface area contributed by atoms with Crippen molar-refractivity contribution in [3.63, 3.8) is 0 Å². The smallest absolute Gasteiger partial charge is 0.00510 e. The average Bonchev–Trinajstić information content (AvgIpc) is 2.98. The molecule has 1 atom stereocenters. The number of rotatable bonds is 5. The van der Waals surface area contributed by atoms with Gasteiger partial charge in [0.15, 0.2) is 0 Å². The molecular formula is C24H37N. The molecule has 0 bridgehead atoms. The Hall–Kier alpha value is -1.08. The number of benzene rings is 1. The quantitative estimate of drug-likeness (QED) is 0.591. The van der Waals surface area contributed by atoms with Crippen molar-refractivity contribution in [2.75, 3.05) is 19.6 Å². The molecule has 1 aromatic rings. The highest BCUT2D eigenvalue weighted by atomic mass is 15.1. The van der Waals surface area contributed by atoms with Crippen LogP contribution in [0.3, 0.4) is 0 Å². The Morgan fingerprint density at radius 2 is 1.88 bits per heavy atom. The van der Waals surface area contributed by atoms with E-state index in [9.17, 15) is 0 Å². The predicted molar refractivity (Wildman–Crippen MR) is 110 cm³/mol. The van der Waals surface area contributed by atoms with E-state index in [2.05, 4.69) is 69.9 Å². The fraction of sp³-hybridized carbons (Fsp3) is 0.667. The first-order chi connectivity index (χ1) is 11.8. The Labute approximate surface area is 155 Å². The van der Waals surface area contributed by atoms with Crippen LogP contribution in [0.1, 0.15) is 83.8 Å². The van der Waals surface area contributed by atoms with Gasteiger partial charge in [-0.05, 0) is 72.2 Å². The van der Waals surface area contributed by atoms with Gasteiger partial charge in [0.25, 0.3) is 0 Å². The number of likely N-dealkylation sites (tertiary alicyclic amines) is 1. The first-order valence-electron chi connectivity index (χ1n) is 10.3. The molecule has 1 aliphatic heterocycles. The Balaban J connectivity index is 1.86. The molecule has 0 amide bonds. The lowest BCUT2D eigenvalue weighted by Crippen LogP contribution is -2.27. The van der Waals surface area contributed by atoms with E-state index in [1.165, 1.54) is 57.3 Å². The van der Waals surface area contributed by atoms with Crippen LogP contribution in [0.2, 0.25) is 0 Å². The molecule has 3 rings (SSSR count). The standard InChI is InChI=1S/C24H37N/c1-6-7-13-25-14-12-19(17-25)21-10-8-9-11-22(21)20-15-23(2,3)18-24(4,5)16-20/h8-11,15,19H,6-7,12-14,16-18H2,1-5H3. The van der Waals surface area contributed by atoms with Crippen molar-refractivity contribution in [2.24, 2.45) is 10.8 Å². The minimum absolute atomic E-state index is 0.299. The molecule has 1 nitrogen and oxygen atoms in total. The maximum atomic E-state index is 2.67. The molecule has 0 aromatic heterocycles. The first kappa shape index (κ1) is 18.7. The summed E-state index contributed by atoms with van der Waals surface area (Å²) in [4.78, 5) is 2.67. The third-order valence-electron chi connectivity index (χ3n) is 6.01. The molecule has 1 heteroatoms. The van der Waals surface area contributed by atoms with Crippen LogP contribution in [-0.2, 0) is 0 Å². The van der Waals surface area contributed by atoms with Gasteiger partial charge in [-0.3, -0.25) is 0 Å². The van der Waals surface area contributed by atoms with E-state index >= 15 is 0 Å². The van der Waals surface area contributed by atoms with Crippen molar-refractivity contribution in [2.45, 2.75) is 72.6 Å². The highest BCUT2D eigenvalue weighted by Gasteiger charge is 2.35.